The number of carbonyl (C=O) groups excluding carboxylic acids is 2. The Bertz CT molecular complexity index is 809. The fourth-order valence-corrected chi connectivity index (χ4v) is 2.87. The van der Waals surface area contributed by atoms with E-state index in [2.05, 4.69) is 5.32 Å². The highest BCUT2D eigenvalue weighted by atomic mass is 32.2. The minimum atomic E-state index is -0.511. The normalized spacial score (nSPS) is 12.1. The molecule has 24 heavy (non-hydrogen) atoms. The van der Waals surface area contributed by atoms with Crippen LogP contribution in [0.2, 0.25) is 0 Å². The summed E-state index contributed by atoms with van der Waals surface area (Å²) in [6.45, 7) is 1.54. The molecule has 124 valence electrons. The summed E-state index contributed by atoms with van der Waals surface area (Å²) < 4.78 is 24.3. The first-order chi connectivity index (χ1) is 11.5. The van der Waals surface area contributed by atoms with Crippen LogP contribution in [-0.2, 0) is 4.79 Å². The highest BCUT2D eigenvalue weighted by molar-refractivity contribution is 8.00. The largest absolute Gasteiger partial charge is 0.454 e. The van der Waals surface area contributed by atoms with Gasteiger partial charge in [0.1, 0.15) is 5.82 Å². The number of benzene rings is 2. The number of ketones is 1. The van der Waals surface area contributed by atoms with Crippen LogP contribution in [0.1, 0.15) is 17.3 Å². The van der Waals surface area contributed by atoms with Gasteiger partial charge in [-0.15, -0.1) is 11.8 Å². The summed E-state index contributed by atoms with van der Waals surface area (Å²) in [5.74, 6) is 0.273. The van der Waals surface area contributed by atoms with Crippen LogP contribution < -0.4 is 14.8 Å². The standard InChI is InChI=1S/C17H14FNO4S/c1-10(20)11-2-5-16(13(18)6-11)24-8-17(21)19-12-3-4-14-15(7-12)23-9-22-14/h2-7H,8-9H2,1H3,(H,19,21). The van der Waals surface area contributed by atoms with Gasteiger partial charge in [0, 0.05) is 22.2 Å². The number of amides is 1. The number of halogens is 1. The molecule has 0 atom stereocenters. The Morgan fingerprint density at radius 2 is 1.96 bits per heavy atom. The van der Waals surface area contributed by atoms with Crippen LogP contribution in [0, 0.1) is 5.82 Å². The number of hydrogen-bond acceptors (Lipinski definition) is 5. The molecule has 1 N–H and O–H groups in total. The van der Waals surface area contributed by atoms with Crippen LogP contribution in [0.4, 0.5) is 10.1 Å². The summed E-state index contributed by atoms with van der Waals surface area (Å²) in [7, 11) is 0. The van der Waals surface area contributed by atoms with Crippen molar-refractivity contribution in [1.29, 1.82) is 0 Å². The molecule has 1 aliphatic rings. The summed E-state index contributed by atoms with van der Waals surface area (Å²) >= 11 is 1.07. The third-order valence-electron chi connectivity index (χ3n) is 3.35. The van der Waals surface area contributed by atoms with Gasteiger partial charge in [-0.2, -0.15) is 0 Å². The molecule has 1 aliphatic heterocycles. The predicted molar refractivity (Wildman–Crippen MR) is 88.3 cm³/mol. The quantitative estimate of drug-likeness (QED) is 0.663. The molecule has 7 heteroatoms. The first-order valence-corrected chi connectivity index (χ1v) is 8.14. The number of anilines is 1. The molecule has 0 saturated carbocycles. The lowest BCUT2D eigenvalue weighted by atomic mass is 10.1. The minimum Gasteiger partial charge on any atom is -0.454 e. The maximum Gasteiger partial charge on any atom is 0.234 e. The molecule has 2 aromatic rings. The number of nitrogens with one attached hydrogen (secondary N) is 1. The average molecular weight is 347 g/mol. The van der Waals surface area contributed by atoms with Crippen molar-refractivity contribution in [3.63, 3.8) is 0 Å². The Kier molecular flexibility index (Phi) is 4.71. The van der Waals surface area contributed by atoms with E-state index in [9.17, 15) is 14.0 Å². The van der Waals surface area contributed by atoms with Gasteiger partial charge in [0.15, 0.2) is 17.3 Å². The van der Waals surface area contributed by atoms with E-state index in [1.54, 1.807) is 24.3 Å². The third-order valence-corrected chi connectivity index (χ3v) is 4.40. The second-order valence-electron chi connectivity index (χ2n) is 5.11. The first-order valence-electron chi connectivity index (χ1n) is 7.16. The van der Waals surface area contributed by atoms with E-state index in [4.69, 9.17) is 9.47 Å². The lowest BCUT2D eigenvalue weighted by molar-refractivity contribution is -0.113. The molecule has 0 bridgehead atoms. The SMILES string of the molecule is CC(=O)c1ccc(SCC(=O)Nc2ccc3c(c2)OCO3)c(F)c1. The molecule has 0 fully saturated rings. The van der Waals surface area contributed by atoms with E-state index in [1.165, 1.54) is 19.1 Å². The van der Waals surface area contributed by atoms with Crippen molar-refractivity contribution in [2.45, 2.75) is 11.8 Å². The zero-order valence-electron chi connectivity index (χ0n) is 12.8. The number of fused-ring (bicyclic) bond motifs is 1. The van der Waals surface area contributed by atoms with Crippen molar-refractivity contribution < 1.29 is 23.5 Å². The molecule has 2 aromatic carbocycles. The topological polar surface area (TPSA) is 64.6 Å². The van der Waals surface area contributed by atoms with Gasteiger partial charge in [-0.25, -0.2) is 4.39 Å². The van der Waals surface area contributed by atoms with E-state index in [0.717, 1.165) is 11.8 Å². The molecule has 0 spiro atoms. The maximum atomic E-state index is 13.9. The Hall–Kier alpha value is -2.54. The van der Waals surface area contributed by atoms with Crippen molar-refractivity contribution in [1.82, 2.24) is 0 Å². The van der Waals surface area contributed by atoms with E-state index in [1.807, 2.05) is 0 Å². The van der Waals surface area contributed by atoms with Gasteiger partial charge in [0.2, 0.25) is 12.7 Å². The van der Waals surface area contributed by atoms with Crippen molar-refractivity contribution in [2.24, 2.45) is 0 Å². The first kappa shape index (κ1) is 16.3. The molecule has 0 unspecified atom stereocenters. The van der Waals surface area contributed by atoms with E-state index < -0.39 is 5.82 Å². The molecule has 1 heterocycles. The van der Waals surface area contributed by atoms with Gasteiger partial charge in [0.25, 0.3) is 0 Å². The van der Waals surface area contributed by atoms with Crippen molar-refractivity contribution in [3.8, 4) is 11.5 Å². The number of rotatable bonds is 5. The maximum absolute atomic E-state index is 13.9. The average Bonchev–Trinajstić information content (AvgIpc) is 3.01. The van der Waals surface area contributed by atoms with Crippen LogP contribution in [0.15, 0.2) is 41.3 Å². The smallest absolute Gasteiger partial charge is 0.234 e. The summed E-state index contributed by atoms with van der Waals surface area (Å²) in [5.41, 5.74) is 0.888. The Labute approximate surface area is 142 Å². The Morgan fingerprint density at radius 3 is 2.71 bits per heavy atom. The van der Waals surface area contributed by atoms with Crippen LogP contribution in [0.25, 0.3) is 0 Å². The minimum absolute atomic E-state index is 0.0464. The van der Waals surface area contributed by atoms with Crippen LogP contribution in [-0.4, -0.2) is 24.2 Å². The van der Waals surface area contributed by atoms with Crippen LogP contribution in [0.5, 0.6) is 11.5 Å². The highest BCUT2D eigenvalue weighted by Crippen LogP contribution is 2.34. The van der Waals surface area contributed by atoms with Crippen molar-refractivity contribution >= 4 is 29.1 Å². The second kappa shape index (κ2) is 6.92. The molecule has 5 nitrogen and oxygen atoms in total. The van der Waals surface area contributed by atoms with Gasteiger partial charge >= 0.3 is 0 Å². The fraction of sp³-hybridized carbons (Fsp3) is 0.176. The summed E-state index contributed by atoms with van der Waals surface area (Å²) in [6, 6.07) is 9.32. The van der Waals surface area contributed by atoms with Crippen LogP contribution in [0.3, 0.4) is 0 Å². The summed E-state index contributed by atoms with van der Waals surface area (Å²) in [5, 5.41) is 2.72. The zero-order valence-corrected chi connectivity index (χ0v) is 13.6. The number of carbonyl (C=O) groups is 2. The van der Waals surface area contributed by atoms with Gasteiger partial charge in [0.05, 0.1) is 5.75 Å². The molecule has 0 aliphatic carbocycles. The van der Waals surface area contributed by atoms with E-state index >= 15 is 0 Å². The monoisotopic (exact) mass is 347 g/mol. The summed E-state index contributed by atoms with van der Waals surface area (Å²) in [4.78, 5) is 23.5. The van der Waals surface area contributed by atoms with Gasteiger partial charge in [-0.3, -0.25) is 9.59 Å². The molecule has 0 saturated heterocycles. The lowest BCUT2D eigenvalue weighted by Gasteiger charge is -2.07. The number of Topliss-reactive ketones (excluding diaryl/α,β-unsaturated/α-hetero) is 1. The molecular weight excluding hydrogens is 333 g/mol. The van der Waals surface area contributed by atoms with Crippen molar-refractivity contribution in [3.05, 3.63) is 47.8 Å². The molecule has 3 rings (SSSR count). The van der Waals surface area contributed by atoms with Crippen LogP contribution >= 0.6 is 11.8 Å². The van der Waals surface area contributed by atoms with Crippen molar-refractivity contribution in [2.75, 3.05) is 17.9 Å². The lowest BCUT2D eigenvalue weighted by Crippen LogP contribution is -2.14. The van der Waals surface area contributed by atoms with Gasteiger partial charge < -0.3 is 14.8 Å². The fourth-order valence-electron chi connectivity index (χ4n) is 2.15. The highest BCUT2D eigenvalue weighted by Gasteiger charge is 2.14. The second-order valence-corrected chi connectivity index (χ2v) is 6.12. The molecule has 1 amide bonds. The van der Waals surface area contributed by atoms with E-state index in [-0.39, 0.29) is 24.2 Å². The molecule has 0 radical (unpaired) electrons. The Balaban J connectivity index is 1.59. The molecular formula is C17H14FNO4S. The zero-order chi connectivity index (χ0) is 17.1. The number of thioether (sulfide) groups is 1. The van der Waals surface area contributed by atoms with Gasteiger partial charge in [-0.05, 0) is 31.2 Å². The Morgan fingerprint density at radius 1 is 1.17 bits per heavy atom. The summed E-state index contributed by atoms with van der Waals surface area (Å²) in [6.07, 6.45) is 0. The predicted octanol–water partition coefficient (Wildman–Crippen LogP) is 3.49. The molecule has 0 aromatic heterocycles. The van der Waals surface area contributed by atoms with Gasteiger partial charge in [-0.1, -0.05) is 6.07 Å². The van der Waals surface area contributed by atoms with E-state index in [0.29, 0.717) is 27.6 Å². The third kappa shape index (κ3) is 3.68. The number of ether oxygens (including phenoxy) is 2. The number of hydrogen-bond donors (Lipinski definition) is 1.